The summed E-state index contributed by atoms with van der Waals surface area (Å²) in [6.45, 7) is 17.7. The van der Waals surface area contributed by atoms with E-state index in [1.165, 1.54) is 5.06 Å². The van der Waals surface area contributed by atoms with Gasteiger partial charge in [-0.2, -0.15) is 5.06 Å². The predicted octanol–water partition coefficient (Wildman–Crippen LogP) is 3.50. The lowest BCUT2D eigenvalue weighted by molar-refractivity contribution is -0.258. The second-order valence-electron chi connectivity index (χ2n) is 6.29. The van der Waals surface area contributed by atoms with Crippen LogP contribution in [-0.2, 0) is 4.74 Å². The van der Waals surface area contributed by atoms with Crippen LogP contribution in [0.2, 0.25) is 0 Å². The van der Waals surface area contributed by atoms with Crippen molar-refractivity contribution < 1.29 is 9.94 Å². The molecule has 0 amide bonds. The van der Waals surface area contributed by atoms with E-state index in [9.17, 15) is 5.21 Å². The van der Waals surface area contributed by atoms with Crippen molar-refractivity contribution in [1.29, 1.82) is 0 Å². The van der Waals surface area contributed by atoms with Crippen LogP contribution in [0.15, 0.2) is 24.5 Å². The van der Waals surface area contributed by atoms with Crippen LogP contribution in [-0.4, -0.2) is 27.5 Å². The Morgan fingerprint density at radius 2 is 1.59 bits per heavy atom. The number of hydroxylamine groups is 2. The first-order valence-corrected chi connectivity index (χ1v) is 6.07. The Balaban J connectivity index is 2.78. The molecule has 3 heteroatoms. The van der Waals surface area contributed by atoms with Gasteiger partial charge in [0, 0.05) is 23.9 Å². The van der Waals surface area contributed by atoms with E-state index >= 15 is 0 Å². The van der Waals surface area contributed by atoms with E-state index in [4.69, 9.17) is 4.74 Å². The van der Waals surface area contributed by atoms with Gasteiger partial charge in [0.15, 0.2) is 0 Å². The van der Waals surface area contributed by atoms with Crippen LogP contribution in [0.5, 0.6) is 0 Å². The summed E-state index contributed by atoms with van der Waals surface area (Å²) in [6.07, 6.45) is 1.63. The van der Waals surface area contributed by atoms with Crippen molar-refractivity contribution in [2.75, 3.05) is 0 Å². The molecule has 1 N–H and O–H groups in total. The molecule has 0 aliphatic carbocycles. The lowest BCUT2D eigenvalue weighted by Crippen LogP contribution is -2.60. The third-order valence-electron chi connectivity index (χ3n) is 3.39. The maximum Gasteiger partial charge on any atom is 0.114 e. The molecular formula is C14H25NO2. The Morgan fingerprint density at radius 1 is 1.18 bits per heavy atom. The molecule has 0 spiro atoms. The van der Waals surface area contributed by atoms with E-state index in [1.54, 1.807) is 0 Å². The third-order valence-corrected chi connectivity index (χ3v) is 3.39. The van der Waals surface area contributed by atoms with Gasteiger partial charge in [0.25, 0.3) is 0 Å². The van der Waals surface area contributed by atoms with Crippen LogP contribution in [0.3, 0.4) is 0 Å². The van der Waals surface area contributed by atoms with Crippen molar-refractivity contribution in [3.8, 4) is 0 Å². The van der Waals surface area contributed by atoms with Crippen molar-refractivity contribution in [1.82, 2.24) is 5.06 Å². The first kappa shape index (κ1) is 14.3. The maximum absolute atomic E-state index is 10.2. The lowest BCUT2D eigenvalue weighted by Gasteiger charge is -2.51. The van der Waals surface area contributed by atoms with Crippen molar-refractivity contribution in [2.24, 2.45) is 0 Å². The molecule has 1 aliphatic rings. The Morgan fingerprint density at radius 3 is 1.94 bits per heavy atom. The summed E-state index contributed by atoms with van der Waals surface area (Å²) >= 11 is 0. The molecule has 0 aromatic carbocycles. The summed E-state index contributed by atoms with van der Waals surface area (Å²) in [5.41, 5.74) is 0.274. The highest BCUT2D eigenvalue weighted by Crippen LogP contribution is 2.38. The number of piperidine rings is 1. The van der Waals surface area contributed by atoms with Gasteiger partial charge in [-0.05, 0) is 40.2 Å². The first-order chi connectivity index (χ1) is 7.56. The van der Waals surface area contributed by atoms with Crippen LogP contribution >= 0.6 is 0 Å². The molecule has 3 nitrogen and oxygen atoms in total. The van der Waals surface area contributed by atoms with Crippen LogP contribution in [0.1, 0.15) is 47.5 Å². The minimum Gasteiger partial charge on any atom is -0.491 e. The Bertz CT molecular complexity index is 313. The highest BCUT2D eigenvalue weighted by molar-refractivity contribution is 5.16. The molecule has 0 bridgehead atoms. The molecule has 98 valence electrons. The van der Waals surface area contributed by atoms with E-state index in [-0.39, 0.29) is 17.2 Å². The average Bonchev–Trinajstić information content (AvgIpc) is 2.12. The van der Waals surface area contributed by atoms with E-state index in [0.29, 0.717) is 5.76 Å². The Labute approximate surface area is 105 Å². The summed E-state index contributed by atoms with van der Waals surface area (Å²) in [7, 11) is 0. The second-order valence-corrected chi connectivity index (χ2v) is 6.29. The quantitative estimate of drug-likeness (QED) is 0.604. The van der Waals surface area contributed by atoms with Gasteiger partial charge in [0.1, 0.15) is 11.9 Å². The molecule has 1 heterocycles. The van der Waals surface area contributed by atoms with Gasteiger partial charge in [0.2, 0.25) is 0 Å². The standard InChI is InChI=1S/C14H25NO2/c1-10(2)11(3)17-12-8-13(4,5)15(16)14(6,7)9-12/h12,16H,1,3,8-9H2,2,4-7H3. The minimum atomic E-state index is -0.290. The van der Waals surface area contributed by atoms with Crippen molar-refractivity contribution >= 4 is 0 Å². The molecule has 1 fully saturated rings. The number of hydrogen-bond donors (Lipinski definition) is 1. The Kier molecular flexibility index (Phi) is 3.75. The average molecular weight is 239 g/mol. The molecule has 0 aromatic heterocycles. The van der Waals surface area contributed by atoms with Crippen LogP contribution < -0.4 is 0 Å². The summed E-state index contributed by atoms with van der Waals surface area (Å²) in [5.74, 6) is 0.646. The number of nitrogens with zero attached hydrogens (tertiary/aromatic N) is 1. The molecule has 0 radical (unpaired) electrons. The molecule has 1 aliphatic heterocycles. The fourth-order valence-electron chi connectivity index (χ4n) is 2.56. The zero-order valence-corrected chi connectivity index (χ0v) is 11.7. The third kappa shape index (κ3) is 3.11. The molecular weight excluding hydrogens is 214 g/mol. The van der Waals surface area contributed by atoms with E-state index in [0.717, 1.165) is 18.4 Å². The summed E-state index contributed by atoms with van der Waals surface area (Å²) < 4.78 is 5.84. The van der Waals surface area contributed by atoms with Crippen LogP contribution in [0.25, 0.3) is 0 Å². The molecule has 17 heavy (non-hydrogen) atoms. The largest absolute Gasteiger partial charge is 0.491 e. The first-order valence-electron chi connectivity index (χ1n) is 6.07. The molecule has 1 saturated heterocycles. The van der Waals surface area contributed by atoms with Gasteiger partial charge in [-0.15, -0.1) is 0 Å². The predicted molar refractivity (Wildman–Crippen MR) is 69.8 cm³/mol. The van der Waals surface area contributed by atoms with Gasteiger partial charge < -0.3 is 9.94 Å². The van der Waals surface area contributed by atoms with Crippen LogP contribution in [0.4, 0.5) is 0 Å². The van der Waals surface area contributed by atoms with Crippen molar-refractivity contribution in [3.05, 3.63) is 24.5 Å². The van der Waals surface area contributed by atoms with Gasteiger partial charge in [-0.1, -0.05) is 13.2 Å². The van der Waals surface area contributed by atoms with Gasteiger partial charge in [-0.3, -0.25) is 0 Å². The topological polar surface area (TPSA) is 32.7 Å². The van der Waals surface area contributed by atoms with E-state index < -0.39 is 0 Å². The maximum atomic E-state index is 10.2. The lowest BCUT2D eigenvalue weighted by atomic mass is 9.80. The molecule has 0 atom stereocenters. The van der Waals surface area contributed by atoms with Gasteiger partial charge in [-0.25, -0.2) is 0 Å². The van der Waals surface area contributed by atoms with Gasteiger partial charge in [0.05, 0.1) is 0 Å². The molecule has 0 saturated carbocycles. The second kappa shape index (κ2) is 4.46. The Hall–Kier alpha value is -0.800. The molecule has 0 aromatic rings. The SMILES string of the molecule is C=C(C)C(=C)OC1CC(C)(C)N(O)C(C)(C)C1. The smallest absolute Gasteiger partial charge is 0.114 e. The highest BCUT2D eigenvalue weighted by Gasteiger charge is 2.45. The fraction of sp³-hybridized carbons (Fsp3) is 0.714. The molecule has 1 rings (SSSR count). The zero-order valence-electron chi connectivity index (χ0n) is 11.7. The zero-order chi connectivity index (χ0) is 13.4. The summed E-state index contributed by atoms with van der Waals surface area (Å²) in [6, 6.07) is 0. The summed E-state index contributed by atoms with van der Waals surface area (Å²) in [4.78, 5) is 0. The van der Waals surface area contributed by atoms with Crippen molar-refractivity contribution in [3.63, 3.8) is 0 Å². The van der Waals surface area contributed by atoms with Crippen LogP contribution in [0, 0.1) is 0 Å². The normalized spacial score (nSPS) is 24.4. The van der Waals surface area contributed by atoms with Gasteiger partial charge >= 0.3 is 0 Å². The number of ether oxygens (including phenoxy) is 1. The van der Waals surface area contributed by atoms with E-state index in [1.807, 2.05) is 34.6 Å². The highest BCUT2D eigenvalue weighted by atomic mass is 16.5. The minimum absolute atomic E-state index is 0.0765. The monoisotopic (exact) mass is 239 g/mol. The van der Waals surface area contributed by atoms with E-state index in [2.05, 4.69) is 13.2 Å². The fourth-order valence-corrected chi connectivity index (χ4v) is 2.56. The molecule has 0 unspecified atom stereocenters. The summed E-state index contributed by atoms with van der Waals surface area (Å²) in [5, 5.41) is 11.6. The number of hydrogen-bond acceptors (Lipinski definition) is 3. The number of allylic oxidation sites excluding steroid dienone is 1. The van der Waals surface area contributed by atoms with Crippen molar-refractivity contribution in [2.45, 2.75) is 64.6 Å². The number of rotatable bonds is 3.